The van der Waals surface area contributed by atoms with Gasteiger partial charge in [0.2, 0.25) is 10.1 Å². The second-order valence-electron chi connectivity index (χ2n) is 3.75. The molecular weight excluding hydrogens is 318 g/mol. The van der Waals surface area contributed by atoms with Crippen molar-refractivity contribution in [1.82, 2.24) is 15.2 Å². The number of benzene rings is 1. The van der Waals surface area contributed by atoms with Crippen LogP contribution in [0, 0.1) is 0 Å². The number of fused-ring (bicyclic) bond motifs is 1. The molecule has 3 aromatic rings. The highest BCUT2D eigenvalue weighted by atomic mass is 35.5. The number of hydrogen-bond donors (Lipinski definition) is 2. The van der Waals surface area contributed by atoms with Gasteiger partial charge in [0.25, 0.3) is 5.91 Å². The molecule has 0 aliphatic rings. The maximum absolute atomic E-state index is 12.0. The molecule has 102 valence electrons. The van der Waals surface area contributed by atoms with Gasteiger partial charge in [0.15, 0.2) is 5.13 Å². The Kier molecular flexibility index (Phi) is 3.51. The van der Waals surface area contributed by atoms with Gasteiger partial charge in [0.05, 0.1) is 10.2 Å². The van der Waals surface area contributed by atoms with Crippen molar-refractivity contribution in [2.75, 3.05) is 17.7 Å². The summed E-state index contributed by atoms with van der Waals surface area (Å²) in [7, 11) is 1.72. The maximum Gasteiger partial charge on any atom is 0.288 e. The van der Waals surface area contributed by atoms with E-state index in [1.54, 1.807) is 13.1 Å². The molecule has 0 aliphatic carbocycles. The summed E-state index contributed by atoms with van der Waals surface area (Å²) in [4.78, 5) is 16.3. The predicted octanol–water partition coefficient (Wildman–Crippen LogP) is 3.10. The normalized spacial score (nSPS) is 10.7. The Balaban J connectivity index is 1.83. The molecule has 2 N–H and O–H groups in total. The first-order valence-corrected chi connectivity index (χ1v) is 7.55. The number of anilines is 2. The van der Waals surface area contributed by atoms with Crippen LogP contribution in [0.25, 0.3) is 10.2 Å². The molecule has 1 amide bonds. The second kappa shape index (κ2) is 5.31. The van der Waals surface area contributed by atoms with Crippen molar-refractivity contribution < 1.29 is 4.79 Å². The van der Waals surface area contributed by atoms with Gasteiger partial charge < -0.3 is 5.32 Å². The molecule has 2 heterocycles. The Morgan fingerprint density at radius 1 is 1.25 bits per heavy atom. The van der Waals surface area contributed by atoms with Gasteiger partial charge in [0.1, 0.15) is 0 Å². The number of nitrogens with zero attached hydrogens (tertiary/aromatic N) is 3. The summed E-state index contributed by atoms with van der Waals surface area (Å²) in [6, 6.07) is 5.39. The van der Waals surface area contributed by atoms with E-state index in [1.165, 1.54) is 22.7 Å². The summed E-state index contributed by atoms with van der Waals surface area (Å²) in [5, 5.41) is 15.2. The van der Waals surface area contributed by atoms with Crippen LogP contribution in [0.2, 0.25) is 5.02 Å². The van der Waals surface area contributed by atoms with Crippen LogP contribution in [0.15, 0.2) is 18.2 Å². The second-order valence-corrected chi connectivity index (χ2v) is 6.19. The number of rotatable bonds is 3. The number of nitrogens with one attached hydrogen (secondary N) is 2. The molecule has 0 aliphatic heterocycles. The van der Waals surface area contributed by atoms with Crippen LogP contribution in [0.3, 0.4) is 0 Å². The Morgan fingerprint density at radius 3 is 2.85 bits per heavy atom. The molecule has 0 atom stereocenters. The Morgan fingerprint density at radius 2 is 2.10 bits per heavy atom. The average Bonchev–Trinajstić information content (AvgIpc) is 3.03. The van der Waals surface area contributed by atoms with Gasteiger partial charge >= 0.3 is 0 Å². The molecular formula is C11H8ClN5OS2. The average molecular weight is 326 g/mol. The smallest absolute Gasteiger partial charge is 0.288 e. The number of hydrogen-bond acceptors (Lipinski definition) is 7. The third kappa shape index (κ3) is 2.58. The number of aromatic nitrogens is 3. The first-order chi connectivity index (χ1) is 9.65. The van der Waals surface area contributed by atoms with E-state index in [9.17, 15) is 4.79 Å². The van der Waals surface area contributed by atoms with Crippen LogP contribution >= 0.6 is 34.3 Å². The van der Waals surface area contributed by atoms with Gasteiger partial charge in [-0.1, -0.05) is 34.3 Å². The number of carbonyl (C=O) groups is 1. The number of amides is 1. The van der Waals surface area contributed by atoms with Crippen LogP contribution in [-0.4, -0.2) is 28.1 Å². The molecule has 0 radical (unpaired) electrons. The van der Waals surface area contributed by atoms with Gasteiger partial charge in [-0.25, -0.2) is 4.98 Å². The minimum atomic E-state index is -0.325. The first kappa shape index (κ1) is 13.2. The van der Waals surface area contributed by atoms with Crippen LogP contribution < -0.4 is 10.6 Å². The lowest BCUT2D eigenvalue weighted by Gasteiger charge is -1.95. The van der Waals surface area contributed by atoms with Crippen molar-refractivity contribution in [2.45, 2.75) is 0 Å². The molecule has 20 heavy (non-hydrogen) atoms. The van der Waals surface area contributed by atoms with Crippen molar-refractivity contribution >= 4 is 60.7 Å². The highest BCUT2D eigenvalue weighted by molar-refractivity contribution is 7.22. The van der Waals surface area contributed by atoms with E-state index in [1.807, 2.05) is 12.1 Å². The highest BCUT2D eigenvalue weighted by Crippen LogP contribution is 2.28. The van der Waals surface area contributed by atoms with Gasteiger partial charge in [-0.3, -0.25) is 10.1 Å². The van der Waals surface area contributed by atoms with Crippen LogP contribution in [0.4, 0.5) is 10.3 Å². The van der Waals surface area contributed by atoms with E-state index < -0.39 is 0 Å². The minimum absolute atomic E-state index is 0.284. The number of thiazole rings is 1. The van der Waals surface area contributed by atoms with Crippen molar-refractivity contribution in [3.63, 3.8) is 0 Å². The summed E-state index contributed by atoms with van der Waals surface area (Å²) in [6.45, 7) is 0. The topological polar surface area (TPSA) is 79.8 Å². The van der Waals surface area contributed by atoms with Crippen LogP contribution in [-0.2, 0) is 0 Å². The molecule has 0 fully saturated rings. The van der Waals surface area contributed by atoms with Gasteiger partial charge in [-0.15, -0.1) is 10.2 Å². The van der Waals surface area contributed by atoms with E-state index in [4.69, 9.17) is 11.6 Å². The van der Waals surface area contributed by atoms with Crippen molar-refractivity contribution in [3.05, 3.63) is 28.2 Å². The molecule has 0 saturated carbocycles. The van der Waals surface area contributed by atoms with Crippen LogP contribution in [0.1, 0.15) is 9.80 Å². The Hall–Kier alpha value is -1.77. The number of carbonyl (C=O) groups excluding carboxylic acids is 1. The van der Waals surface area contributed by atoms with E-state index in [-0.39, 0.29) is 10.9 Å². The fourth-order valence-electron chi connectivity index (χ4n) is 1.52. The SMILES string of the molecule is CNc1nnc(C(=O)Nc2nc3ccc(Cl)cc3s2)s1. The quantitative estimate of drug-likeness (QED) is 0.773. The molecule has 3 rings (SSSR count). The fraction of sp³-hybridized carbons (Fsp3) is 0.0909. The molecule has 0 bridgehead atoms. The summed E-state index contributed by atoms with van der Waals surface area (Å²) < 4.78 is 0.918. The lowest BCUT2D eigenvalue weighted by Crippen LogP contribution is -2.11. The zero-order chi connectivity index (χ0) is 14.1. The third-order valence-corrected chi connectivity index (χ3v) is 4.51. The first-order valence-electron chi connectivity index (χ1n) is 5.54. The molecule has 0 unspecified atom stereocenters. The summed E-state index contributed by atoms with van der Waals surface area (Å²) in [5.74, 6) is -0.325. The highest BCUT2D eigenvalue weighted by Gasteiger charge is 2.14. The molecule has 2 aromatic heterocycles. The van der Waals surface area contributed by atoms with Crippen molar-refractivity contribution in [3.8, 4) is 0 Å². The van der Waals surface area contributed by atoms with Gasteiger partial charge in [-0.05, 0) is 18.2 Å². The van der Waals surface area contributed by atoms with Crippen molar-refractivity contribution in [1.29, 1.82) is 0 Å². The molecule has 0 saturated heterocycles. The van der Waals surface area contributed by atoms with Crippen LogP contribution in [0.5, 0.6) is 0 Å². The minimum Gasteiger partial charge on any atom is -0.363 e. The Labute approximate surface area is 126 Å². The number of halogens is 1. The molecule has 6 nitrogen and oxygen atoms in total. The van der Waals surface area contributed by atoms with E-state index >= 15 is 0 Å². The van der Waals surface area contributed by atoms with Gasteiger partial charge in [0, 0.05) is 12.1 Å². The zero-order valence-electron chi connectivity index (χ0n) is 10.2. The largest absolute Gasteiger partial charge is 0.363 e. The van der Waals surface area contributed by atoms with E-state index in [2.05, 4.69) is 25.8 Å². The van der Waals surface area contributed by atoms with E-state index in [0.717, 1.165) is 10.2 Å². The molecule has 1 aromatic carbocycles. The third-order valence-electron chi connectivity index (χ3n) is 2.40. The molecule has 0 spiro atoms. The van der Waals surface area contributed by atoms with Gasteiger partial charge in [-0.2, -0.15) is 0 Å². The summed E-state index contributed by atoms with van der Waals surface area (Å²) >= 11 is 8.46. The van der Waals surface area contributed by atoms with E-state index in [0.29, 0.717) is 15.3 Å². The Bertz CT molecular complexity index is 784. The maximum atomic E-state index is 12.0. The molecule has 9 heteroatoms. The lowest BCUT2D eigenvalue weighted by molar-refractivity contribution is 0.102. The fourth-order valence-corrected chi connectivity index (χ4v) is 3.25. The zero-order valence-corrected chi connectivity index (χ0v) is 12.6. The summed E-state index contributed by atoms with van der Waals surface area (Å²) in [6.07, 6.45) is 0. The standard InChI is InChI=1S/C11H8ClN5OS2/c1-13-10-17-16-9(20-10)8(18)15-11-14-6-3-2-5(12)4-7(6)19-11/h2-4H,1H3,(H,13,17)(H,14,15,18). The lowest BCUT2D eigenvalue weighted by atomic mass is 10.3. The monoisotopic (exact) mass is 325 g/mol. The van der Waals surface area contributed by atoms with Crippen molar-refractivity contribution in [2.24, 2.45) is 0 Å². The predicted molar refractivity (Wildman–Crippen MR) is 82.0 cm³/mol. The summed E-state index contributed by atoms with van der Waals surface area (Å²) in [5.41, 5.74) is 0.794.